The molecule has 0 aliphatic heterocycles. The first kappa shape index (κ1) is 16.0. The van der Waals surface area contributed by atoms with Crippen LogP contribution in [0.2, 0.25) is 0 Å². The summed E-state index contributed by atoms with van der Waals surface area (Å²) in [5, 5.41) is 3.01. The Bertz CT molecular complexity index is 836. The largest absolute Gasteiger partial charge is 0.416 e. The Morgan fingerprint density at radius 2 is 1.50 bits per heavy atom. The van der Waals surface area contributed by atoms with Crippen LogP contribution < -0.4 is 5.32 Å². The minimum Gasteiger partial charge on any atom is -0.380 e. The number of nitrogens with one attached hydrogen (secondary N) is 1. The van der Waals surface area contributed by atoms with Gasteiger partial charge >= 0.3 is 6.18 Å². The number of hydrogen-bond donors (Lipinski definition) is 1. The number of carbonyl (C=O) groups excluding carboxylic acids is 2. The van der Waals surface area contributed by atoms with Crippen LogP contribution >= 0.6 is 0 Å². The first-order valence-corrected chi connectivity index (χ1v) is 7.16. The van der Waals surface area contributed by atoms with Crippen LogP contribution in [0.4, 0.5) is 13.2 Å². The molecule has 24 heavy (non-hydrogen) atoms. The van der Waals surface area contributed by atoms with Crippen LogP contribution in [0.3, 0.4) is 0 Å². The number of rotatable bonds is 3. The van der Waals surface area contributed by atoms with Crippen molar-refractivity contribution in [2.45, 2.75) is 12.7 Å². The van der Waals surface area contributed by atoms with Gasteiger partial charge < -0.3 is 5.32 Å². The average Bonchev–Trinajstić information content (AvgIpc) is 2.56. The SMILES string of the molecule is O=C1C=C(NCc2ccc(C(F)(F)F)cc2)c2ccccc2C1=O. The molecule has 122 valence electrons. The highest BCUT2D eigenvalue weighted by Gasteiger charge is 2.30. The van der Waals surface area contributed by atoms with E-state index in [1.165, 1.54) is 18.2 Å². The number of Topliss-reactive ketones (excluding diaryl/α,β-unsaturated/α-hetero) is 1. The highest BCUT2D eigenvalue weighted by molar-refractivity contribution is 6.50. The fraction of sp³-hybridized carbons (Fsp3) is 0.111. The minimum absolute atomic E-state index is 0.236. The second-order valence-electron chi connectivity index (χ2n) is 5.35. The lowest BCUT2D eigenvalue weighted by Gasteiger charge is -2.18. The van der Waals surface area contributed by atoms with Crippen LogP contribution in [-0.2, 0) is 17.5 Å². The third kappa shape index (κ3) is 3.08. The highest BCUT2D eigenvalue weighted by atomic mass is 19.4. The van der Waals surface area contributed by atoms with Gasteiger partial charge in [-0.15, -0.1) is 0 Å². The smallest absolute Gasteiger partial charge is 0.380 e. The summed E-state index contributed by atoms with van der Waals surface area (Å²) in [7, 11) is 0. The Balaban J connectivity index is 1.78. The second kappa shape index (κ2) is 5.96. The van der Waals surface area contributed by atoms with Crippen molar-refractivity contribution in [2.75, 3.05) is 0 Å². The van der Waals surface area contributed by atoms with Crippen molar-refractivity contribution in [3.8, 4) is 0 Å². The summed E-state index contributed by atoms with van der Waals surface area (Å²) in [5.41, 5.74) is 1.32. The van der Waals surface area contributed by atoms with E-state index in [0.717, 1.165) is 12.1 Å². The molecule has 2 aromatic rings. The molecule has 0 atom stereocenters. The molecular formula is C18H12F3NO2. The zero-order chi connectivity index (χ0) is 17.3. The number of benzene rings is 2. The maximum Gasteiger partial charge on any atom is 0.416 e. The Morgan fingerprint density at radius 1 is 0.875 bits per heavy atom. The molecule has 0 saturated heterocycles. The summed E-state index contributed by atoms with van der Waals surface area (Å²) in [5.74, 6) is -1.19. The van der Waals surface area contributed by atoms with Gasteiger partial charge in [-0.05, 0) is 17.7 Å². The van der Waals surface area contributed by atoms with Gasteiger partial charge in [0.2, 0.25) is 11.6 Å². The van der Waals surface area contributed by atoms with E-state index in [2.05, 4.69) is 5.32 Å². The monoisotopic (exact) mass is 331 g/mol. The fourth-order valence-corrected chi connectivity index (χ4v) is 2.48. The summed E-state index contributed by atoms with van der Waals surface area (Å²) in [4.78, 5) is 23.6. The molecule has 0 fully saturated rings. The molecule has 1 N–H and O–H groups in total. The highest BCUT2D eigenvalue weighted by Crippen LogP contribution is 2.29. The minimum atomic E-state index is -4.37. The lowest BCUT2D eigenvalue weighted by molar-refractivity contribution is -0.137. The maximum atomic E-state index is 12.5. The third-order valence-electron chi connectivity index (χ3n) is 3.73. The Kier molecular flexibility index (Phi) is 3.97. The summed E-state index contributed by atoms with van der Waals surface area (Å²) in [6.45, 7) is 0.236. The normalized spacial score (nSPS) is 14.2. The van der Waals surface area contributed by atoms with E-state index >= 15 is 0 Å². The molecule has 0 spiro atoms. The number of ketones is 2. The van der Waals surface area contributed by atoms with Crippen LogP contribution in [0.1, 0.15) is 27.0 Å². The summed E-state index contributed by atoms with van der Waals surface area (Å²) in [6.07, 6.45) is -3.15. The van der Waals surface area contributed by atoms with Crippen molar-refractivity contribution in [3.05, 3.63) is 76.9 Å². The van der Waals surface area contributed by atoms with Gasteiger partial charge in [-0.25, -0.2) is 0 Å². The quantitative estimate of drug-likeness (QED) is 0.874. The number of allylic oxidation sites excluding steroid dienone is 1. The molecule has 0 saturated carbocycles. The van der Waals surface area contributed by atoms with Crippen LogP contribution in [0.5, 0.6) is 0 Å². The molecule has 3 nitrogen and oxygen atoms in total. The van der Waals surface area contributed by atoms with Gasteiger partial charge in [-0.1, -0.05) is 36.4 Å². The standard InChI is InChI=1S/C18H12F3NO2/c19-18(20,21)12-7-5-11(6-8-12)10-22-15-9-16(23)17(24)14-4-2-1-3-13(14)15/h1-9,22H,10H2. The maximum absolute atomic E-state index is 12.5. The number of alkyl halides is 3. The lowest BCUT2D eigenvalue weighted by Crippen LogP contribution is -2.24. The van der Waals surface area contributed by atoms with Gasteiger partial charge in [-0.2, -0.15) is 13.2 Å². The van der Waals surface area contributed by atoms with Gasteiger partial charge in [0, 0.05) is 29.4 Å². The third-order valence-corrected chi connectivity index (χ3v) is 3.73. The van der Waals surface area contributed by atoms with Crippen molar-refractivity contribution < 1.29 is 22.8 Å². The molecule has 0 unspecified atom stereocenters. The molecule has 0 aromatic heterocycles. The summed E-state index contributed by atoms with van der Waals surface area (Å²) >= 11 is 0. The van der Waals surface area contributed by atoms with E-state index in [1.807, 2.05) is 0 Å². The van der Waals surface area contributed by atoms with Crippen molar-refractivity contribution in [3.63, 3.8) is 0 Å². The predicted molar refractivity (Wildman–Crippen MR) is 82.0 cm³/mol. The van der Waals surface area contributed by atoms with Crippen LogP contribution in [0, 0.1) is 0 Å². The number of fused-ring (bicyclic) bond motifs is 1. The molecule has 0 amide bonds. The Labute approximate surface area is 135 Å². The number of carbonyl (C=O) groups is 2. The summed E-state index contributed by atoms with van der Waals surface area (Å²) in [6, 6.07) is 11.5. The van der Waals surface area contributed by atoms with Gasteiger partial charge in [0.25, 0.3) is 0 Å². The predicted octanol–water partition coefficient (Wildman–Crippen LogP) is 3.60. The lowest BCUT2D eigenvalue weighted by atomic mass is 9.93. The zero-order valence-corrected chi connectivity index (χ0v) is 12.4. The molecule has 1 aliphatic rings. The van der Waals surface area contributed by atoms with Crippen molar-refractivity contribution in [2.24, 2.45) is 0 Å². The topological polar surface area (TPSA) is 46.2 Å². The molecule has 6 heteroatoms. The van der Waals surface area contributed by atoms with Crippen molar-refractivity contribution in [1.29, 1.82) is 0 Å². The molecule has 0 radical (unpaired) electrons. The van der Waals surface area contributed by atoms with Crippen LogP contribution in [0.25, 0.3) is 5.70 Å². The first-order valence-electron chi connectivity index (χ1n) is 7.16. The molecule has 0 heterocycles. The Morgan fingerprint density at radius 3 is 2.12 bits per heavy atom. The molecule has 3 rings (SSSR count). The van der Waals surface area contributed by atoms with E-state index in [9.17, 15) is 22.8 Å². The molecule has 1 aliphatic carbocycles. The number of halogens is 3. The van der Waals surface area contributed by atoms with Crippen molar-refractivity contribution >= 4 is 17.3 Å². The van der Waals surface area contributed by atoms with E-state index in [-0.39, 0.29) is 6.54 Å². The van der Waals surface area contributed by atoms with Gasteiger partial charge in [0.05, 0.1) is 5.56 Å². The van der Waals surface area contributed by atoms with Crippen LogP contribution in [0.15, 0.2) is 54.6 Å². The first-order chi connectivity index (χ1) is 11.4. The molecule has 2 aromatic carbocycles. The van der Waals surface area contributed by atoms with E-state index in [4.69, 9.17) is 0 Å². The van der Waals surface area contributed by atoms with Gasteiger partial charge in [0.1, 0.15) is 0 Å². The second-order valence-corrected chi connectivity index (χ2v) is 5.35. The van der Waals surface area contributed by atoms with E-state index < -0.39 is 23.3 Å². The van der Waals surface area contributed by atoms with Gasteiger partial charge in [-0.3, -0.25) is 9.59 Å². The average molecular weight is 331 g/mol. The van der Waals surface area contributed by atoms with Crippen molar-refractivity contribution in [1.82, 2.24) is 5.32 Å². The number of hydrogen-bond acceptors (Lipinski definition) is 3. The Hall–Kier alpha value is -2.89. The zero-order valence-electron chi connectivity index (χ0n) is 12.4. The van der Waals surface area contributed by atoms with Crippen LogP contribution in [-0.4, -0.2) is 11.6 Å². The van der Waals surface area contributed by atoms with Gasteiger partial charge in [0.15, 0.2) is 0 Å². The van der Waals surface area contributed by atoms with E-state index in [0.29, 0.717) is 22.4 Å². The summed E-state index contributed by atoms with van der Waals surface area (Å²) < 4.78 is 37.6. The van der Waals surface area contributed by atoms with E-state index in [1.54, 1.807) is 24.3 Å². The molecular weight excluding hydrogens is 319 g/mol. The molecule has 0 bridgehead atoms. The fourth-order valence-electron chi connectivity index (χ4n) is 2.48.